The third kappa shape index (κ3) is 5.19. The van der Waals surface area contributed by atoms with Gasteiger partial charge in [0.25, 0.3) is 0 Å². The number of nitriles is 1. The highest BCUT2D eigenvalue weighted by Crippen LogP contribution is 2.12. The standard InChI is InChI=1S/C13H17NO3S/c1-11(2)10-18(15,16)7-6-17-13-5-3-4-12(8-13)9-14/h3-5,8,11H,6-7,10H2,1-2H3. The molecule has 0 saturated carbocycles. The van der Waals surface area contributed by atoms with Crippen LogP contribution in [0.2, 0.25) is 0 Å². The summed E-state index contributed by atoms with van der Waals surface area (Å²) in [6, 6.07) is 8.67. The van der Waals surface area contributed by atoms with Gasteiger partial charge in [-0.05, 0) is 24.1 Å². The molecule has 4 nitrogen and oxygen atoms in total. The smallest absolute Gasteiger partial charge is 0.153 e. The van der Waals surface area contributed by atoms with Crippen molar-refractivity contribution >= 4 is 9.84 Å². The number of hydrogen-bond donors (Lipinski definition) is 0. The molecule has 0 heterocycles. The highest BCUT2D eigenvalue weighted by atomic mass is 32.2. The lowest BCUT2D eigenvalue weighted by atomic mass is 10.2. The molecule has 0 aromatic heterocycles. The number of sulfone groups is 1. The first kappa shape index (κ1) is 14.5. The molecule has 5 heteroatoms. The fraction of sp³-hybridized carbons (Fsp3) is 0.462. The van der Waals surface area contributed by atoms with Crippen LogP contribution in [-0.4, -0.2) is 26.5 Å². The maximum absolute atomic E-state index is 11.6. The maximum Gasteiger partial charge on any atom is 0.153 e. The van der Waals surface area contributed by atoms with Crippen molar-refractivity contribution in [2.45, 2.75) is 13.8 Å². The van der Waals surface area contributed by atoms with Crippen LogP contribution in [0, 0.1) is 17.2 Å². The summed E-state index contributed by atoms with van der Waals surface area (Å²) < 4.78 is 28.6. The van der Waals surface area contributed by atoms with Crippen LogP contribution in [0.1, 0.15) is 19.4 Å². The van der Waals surface area contributed by atoms with Gasteiger partial charge in [0.1, 0.15) is 12.4 Å². The van der Waals surface area contributed by atoms with Crippen LogP contribution in [0.4, 0.5) is 0 Å². The summed E-state index contributed by atoms with van der Waals surface area (Å²) in [7, 11) is -3.06. The number of hydrogen-bond acceptors (Lipinski definition) is 4. The second-order valence-corrected chi connectivity index (χ2v) is 6.73. The largest absolute Gasteiger partial charge is 0.492 e. The van der Waals surface area contributed by atoms with E-state index in [0.717, 1.165) is 0 Å². The molecule has 0 fully saturated rings. The Kier molecular flexibility index (Phi) is 5.17. The molecule has 0 amide bonds. The molecule has 0 radical (unpaired) electrons. The zero-order valence-electron chi connectivity index (χ0n) is 10.6. The molecule has 18 heavy (non-hydrogen) atoms. The minimum absolute atomic E-state index is 0.00195. The molecule has 98 valence electrons. The quantitative estimate of drug-likeness (QED) is 0.790. The maximum atomic E-state index is 11.6. The molecular formula is C13H17NO3S. The SMILES string of the molecule is CC(C)CS(=O)(=O)CCOc1cccc(C#N)c1. The van der Waals surface area contributed by atoms with E-state index in [1.165, 1.54) is 0 Å². The Morgan fingerprint density at radius 3 is 2.72 bits per heavy atom. The molecule has 0 atom stereocenters. The van der Waals surface area contributed by atoms with E-state index in [9.17, 15) is 8.42 Å². The third-order valence-corrected chi connectivity index (χ3v) is 4.18. The van der Waals surface area contributed by atoms with Crippen molar-refractivity contribution in [2.75, 3.05) is 18.1 Å². The van der Waals surface area contributed by atoms with Crippen molar-refractivity contribution in [3.05, 3.63) is 29.8 Å². The van der Waals surface area contributed by atoms with E-state index in [1.54, 1.807) is 24.3 Å². The van der Waals surface area contributed by atoms with Gasteiger partial charge in [-0.15, -0.1) is 0 Å². The molecule has 0 aliphatic heterocycles. The average molecular weight is 267 g/mol. The van der Waals surface area contributed by atoms with Gasteiger partial charge in [0.2, 0.25) is 0 Å². The van der Waals surface area contributed by atoms with Gasteiger partial charge in [-0.2, -0.15) is 5.26 Å². The van der Waals surface area contributed by atoms with Gasteiger partial charge in [-0.1, -0.05) is 19.9 Å². The molecule has 0 N–H and O–H groups in total. The fourth-order valence-corrected chi connectivity index (χ4v) is 3.05. The molecule has 0 aliphatic carbocycles. The van der Waals surface area contributed by atoms with E-state index in [4.69, 9.17) is 10.00 Å². The van der Waals surface area contributed by atoms with Crippen LogP contribution >= 0.6 is 0 Å². The Bertz CT molecular complexity index is 529. The van der Waals surface area contributed by atoms with Crippen LogP contribution in [0.25, 0.3) is 0 Å². The molecule has 1 aromatic rings. The summed E-state index contributed by atoms with van der Waals surface area (Å²) in [5.41, 5.74) is 0.498. The summed E-state index contributed by atoms with van der Waals surface area (Å²) in [5.74, 6) is 0.821. The summed E-state index contributed by atoms with van der Waals surface area (Å²) in [4.78, 5) is 0. The van der Waals surface area contributed by atoms with Crippen molar-refractivity contribution < 1.29 is 13.2 Å². The summed E-state index contributed by atoms with van der Waals surface area (Å²) in [5, 5.41) is 8.71. The molecule has 0 aliphatic rings. The molecular weight excluding hydrogens is 250 g/mol. The summed E-state index contributed by atoms with van der Waals surface area (Å²) >= 11 is 0. The van der Waals surface area contributed by atoms with E-state index in [-0.39, 0.29) is 24.0 Å². The van der Waals surface area contributed by atoms with E-state index in [2.05, 4.69) is 0 Å². The lowest BCUT2D eigenvalue weighted by Gasteiger charge is -2.08. The van der Waals surface area contributed by atoms with E-state index < -0.39 is 9.84 Å². The van der Waals surface area contributed by atoms with E-state index in [0.29, 0.717) is 11.3 Å². The van der Waals surface area contributed by atoms with Crippen LogP contribution in [0.15, 0.2) is 24.3 Å². The van der Waals surface area contributed by atoms with Crippen molar-refractivity contribution in [3.8, 4) is 11.8 Å². The molecule has 0 saturated heterocycles. The predicted octanol–water partition coefficient (Wildman–Crippen LogP) is 2.01. The Hall–Kier alpha value is -1.54. The monoisotopic (exact) mass is 267 g/mol. The van der Waals surface area contributed by atoms with Crippen molar-refractivity contribution in [1.29, 1.82) is 5.26 Å². The van der Waals surface area contributed by atoms with Crippen molar-refractivity contribution in [2.24, 2.45) is 5.92 Å². The molecule has 0 spiro atoms. The minimum Gasteiger partial charge on any atom is -0.492 e. The topological polar surface area (TPSA) is 67.2 Å². The van der Waals surface area contributed by atoms with Gasteiger partial charge in [0.05, 0.1) is 23.1 Å². The summed E-state index contributed by atoms with van der Waals surface area (Å²) in [6.45, 7) is 3.85. The third-order valence-electron chi connectivity index (χ3n) is 2.21. The molecule has 0 unspecified atom stereocenters. The second kappa shape index (κ2) is 6.41. The van der Waals surface area contributed by atoms with Crippen LogP contribution in [0.5, 0.6) is 5.75 Å². The Morgan fingerprint density at radius 1 is 1.39 bits per heavy atom. The first-order chi connectivity index (χ1) is 8.43. The Morgan fingerprint density at radius 2 is 2.11 bits per heavy atom. The number of rotatable bonds is 6. The van der Waals surface area contributed by atoms with Gasteiger partial charge in [0.15, 0.2) is 9.84 Å². The van der Waals surface area contributed by atoms with Crippen LogP contribution < -0.4 is 4.74 Å². The normalized spacial score (nSPS) is 11.2. The van der Waals surface area contributed by atoms with Crippen LogP contribution in [0.3, 0.4) is 0 Å². The van der Waals surface area contributed by atoms with Gasteiger partial charge in [-0.3, -0.25) is 0 Å². The molecule has 1 rings (SSSR count). The second-order valence-electron chi connectivity index (χ2n) is 4.50. The number of ether oxygens (including phenoxy) is 1. The molecule has 1 aromatic carbocycles. The Labute approximate surface area is 108 Å². The first-order valence-corrected chi connectivity index (χ1v) is 7.58. The zero-order valence-corrected chi connectivity index (χ0v) is 11.4. The van der Waals surface area contributed by atoms with Gasteiger partial charge < -0.3 is 4.74 Å². The number of benzene rings is 1. The highest BCUT2D eigenvalue weighted by Gasteiger charge is 2.13. The molecule has 0 bridgehead atoms. The average Bonchev–Trinajstić information content (AvgIpc) is 2.27. The van der Waals surface area contributed by atoms with E-state index >= 15 is 0 Å². The fourth-order valence-electron chi connectivity index (χ4n) is 1.53. The summed E-state index contributed by atoms with van der Waals surface area (Å²) in [6.07, 6.45) is 0. The van der Waals surface area contributed by atoms with E-state index in [1.807, 2.05) is 19.9 Å². The first-order valence-electron chi connectivity index (χ1n) is 5.76. The van der Waals surface area contributed by atoms with Gasteiger partial charge in [-0.25, -0.2) is 8.42 Å². The van der Waals surface area contributed by atoms with Crippen molar-refractivity contribution in [3.63, 3.8) is 0 Å². The number of nitrogens with zero attached hydrogens (tertiary/aromatic N) is 1. The van der Waals surface area contributed by atoms with Crippen LogP contribution in [-0.2, 0) is 9.84 Å². The Balaban J connectivity index is 2.49. The minimum atomic E-state index is -3.06. The highest BCUT2D eigenvalue weighted by molar-refractivity contribution is 7.91. The lowest BCUT2D eigenvalue weighted by molar-refractivity contribution is 0.340. The zero-order chi connectivity index (χ0) is 13.6. The van der Waals surface area contributed by atoms with Gasteiger partial charge in [0, 0.05) is 0 Å². The lowest BCUT2D eigenvalue weighted by Crippen LogP contribution is -2.19. The predicted molar refractivity (Wildman–Crippen MR) is 70.1 cm³/mol. The van der Waals surface area contributed by atoms with Gasteiger partial charge >= 0.3 is 0 Å². The van der Waals surface area contributed by atoms with Crippen molar-refractivity contribution in [1.82, 2.24) is 0 Å².